The second-order valence-electron chi connectivity index (χ2n) is 4.18. The van der Waals surface area contributed by atoms with Crippen LogP contribution in [0.25, 0.3) is 0 Å². The van der Waals surface area contributed by atoms with E-state index in [0.717, 1.165) is 28.7 Å². The van der Waals surface area contributed by atoms with Gasteiger partial charge in [-0.25, -0.2) is 0 Å². The van der Waals surface area contributed by atoms with Crippen molar-refractivity contribution in [1.29, 1.82) is 0 Å². The van der Waals surface area contributed by atoms with Crippen LogP contribution in [-0.4, -0.2) is 19.9 Å². The summed E-state index contributed by atoms with van der Waals surface area (Å²) in [4.78, 5) is 3.97. The van der Waals surface area contributed by atoms with Gasteiger partial charge >= 0.3 is 0 Å². The Bertz CT molecular complexity index is 498. The molecule has 18 heavy (non-hydrogen) atoms. The minimum atomic E-state index is -0.559. The molecular weight excluding hydrogens is 294 g/mol. The highest BCUT2D eigenvalue weighted by atomic mass is 79.9. The summed E-state index contributed by atoms with van der Waals surface area (Å²) in [6.45, 7) is 2.91. The van der Waals surface area contributed by atoms with Gasteiger partial charge in [0.05, 0.1) is 16.4 Å². The standard InChI is InChI=1S/C13H16BrN3O/c1-2-7-17-13(11(14)9-16-17)12(18)8-10-3-5-15-6-4-10/h3-6,9,12,18H,2,7-8H2,1H3. The van der Waals surface area contributed by atoms with Crippen molar-refractivity contribution in [2.75, 3.05) is 0 Å². The topological polar surface area (TPSA) is 50.9 Å². The van der Waals surface area contributed by atoms with E-state index in [9.17, 15) is 5.11 Å². The van der Waals surface area contributed by atoms with E-state index in [1.165, 1.54) is 0 Å². The molecule has 0 aromatic carbocycles. The zero-order valence-corrected chi connectivity index (χ0v) is 11.8. The number of aliphatic hydroxyl groups is 1. The second-order valence-corrected chi connectivity index (χ2v) is 5.03. The molecule has 2 aromatic rings. The quantitative estimate of drug-likeness (QED) is 0.924. The van der Waals surface area contributed by atoms with Crippen molar-refractivity contribution < 1.29 is 5.11 Å². The zero-order valence-electron chi connectivity index (χ0n) is 10.3. The maximum absolute atomic E-state index is 10.3. The molecule has 4 nitrogen and oxygen atoms in total. The van der Waals surface area contributed by atoms with Crippen molar-refractivity contribution in [1.82, 2.24) is 14.8 Å². The molecule has 1 N–H and O–H groups in total. The second kappa shape index (κ2) is 6.11. The highest BCUT2D eigenvalue weighted by Gasteiger charge is 2.17. The van der Waals surface area contributed by atoms with E-state index in [4.69, 9.17) is 0 Å². The van der Waals surface area contributed by atoms with E-state index in [0.29, 0.717) is 6.42 Å². The fraction of sp³-hybridized carbons (Fsp3) is 0.385. The molecule has 1 unspecified atom stereocenters. The first kappa shape index (κ1) is 13.2. The van der Waals surface area contributed by atoms with Gasteiger partial charge in [-0.15, -0.1) is 0 Å². The van der Waals surface area contributed by atoms with Crippen molar-refractivity contribution in [3.8, 4) is 0 Å². The van der Waals surface area contributed by atoms with Crippen molar-refractivity contribution in [3.05, 3.63) is 46.5 Å². The van der Waals surface area contributed by atoms with E-state index >= 15 is 0 Å². The van der Waals surface area contributed by atoms with Gasteiger partial charge in [-0.3, -0.25) is 9.67 Å². The molecule has 2 aromatic heterocycles. The third kappa shape index (κ3) is 2.97. The molecule has 0 aliphatic heterocycles. The molecule has 2 heterocycles. The number of hydrogen-bond acceptors (Lipinski definition) is 3. The SMILES string of the molecule is CCCn1ncc(Br)c1C(O)Cc1ccncc1. The van der Waals surface area contributed by atoms with Gasteiger partial charge in [0, 0.05) is 25.4 Å². The summed E-state index contributed by atoms with van der Waals surface area (Å²) in [5.74, 6) is 0. The van der Waals surface area contributed by atoms with E-state index in [2.05, 4.69) is 32.9 Å². The largest absolute Gasteiger partial charge is 0.386 e. The maximum Gasteiger partial charge on any atom is 0.101 e. The fourth-order valence-corrected chi connectivity index (χ4v) is 2.49. The van der Waals surface area contributed by atoms with Crippen LogP contribution in [0.1, 0.15) is 30.7 Å². The Labute approximate surface area is 115 Å². The highest BCUT2D eigenvalue weighted by molar-refractivity contribution is 9.10. The molecule has 96 valence electrons. The molecule has 0 aliphatic rings. The lowest BCUT2D eigenvalue weighted by Crippen LogP contribution is -2.11. The highest BCUT2D eigenvalue weighted by Crippen LogP contribution is 2.26. The smallest absolute Gasteiger partial charge is 0.101 e. The monoisotopic (exact) mass is 309 g/mol. The molecule has 0 bridgehead atoms. The van der Waals surface area contributed by atoms with Crippen molar-refractivity contribution >= 4 is 15.9 Å². The van der Waals surface area contributed by atoms with Crippen LogP contribution < -0.4 is 0 Å². The van der Waals surface area contributed by atoms with Gasteiger partial charge in [0.1, 0.15) is 6.10 Å². The van der Waals surface area contributed by atoms with Crippen LogP contribution in [0.15, 0.2) is 35.2 Å². The molecular formula is C13H16BrN3O. The molecule has 0 spiro atoms. The van der Waals surface area contributed by atoms with Gasteiger partial charge in [-0.1, -0.05) is 6.92 Å². The molecule has 0 amide bonds. The average molecular weight is 310 g/mol. The van der Waals surface area contributed by atoms with Crippen LogP contribution in [0.5, 0.6) is 0 Å². The molecule has 2 rings (SSSR count). The summed E-state index contributed by atoms with van der Waals surface area (Å²) in [6, 6.07) is 3.83. The van der Waals surface area contributed by atoms with Crippen molar-refractivity contribution in [2.45, 2.75) is 32.4 Å². The van der Waals surface area contributed by atoms with Gasteiger partial charge in [-0.2, -0.15) is 5.10 Å². The Hall–Kier alpha value is -1.20. The Morgan fingerprint density at radius 2 is 2.11 bits per heavy atom. The van der Waals surface area contributed by atoms with E-state index in [-0.39, 0.29) is 0 Å². The molecule has 0 saturated heterocycles. The Kier molecular flexibility index (Phi) is 4.49. The van der Waals surface area contributed by atoms with Gasteiger partial charge in [-0.05, 0) is 40.0 Å². The molecule has 5 heteroatoms. The molecule has 0 fully saturated rings. The predicted molar refractivity (Wildman–Crippen MR) is 73.1 cm³/mol. The number of pyridine rings is 1. The first-order chi connectivity index (χ1) is 8.72. The lowest BCUT2D eigenvalue weighted by Gasteiger charge is -2.13. The number of aryl methyl sites for hydroxylation is 1. The Morgan fingerprint density at radius 3 is 2.78 bits per heavy atom. The van der Waals surface area contributed by atoms with Crippen LogP contribution in [0, 0.1) is 0 Å². The molecule has 0 radical (unpaired) electrons. The normalized spacial score (nSPS) is 12.6. The summed E-state index contributed by atoms with van der Waals surface area (Å²) in [7, 11) is 0. The predicted octanol–water partition coefficient (Wildman–Crippen LogP) is 2.73. The van der Waals surface area contributed by atoms with Gasteiger partial charge < -0.3 is 5.11 Å². The minimum absolute atomic E-state index is 0.559. The Morgan fingerprint density at radius 1 is 1.39 bits per heavy atom. The van der Waals surface area contributed by atoms with E-state index in [1.54, 1.807) is 18.6 Å². The lowest BCUT2D eigenvalue weighted by molar-refractivity contribution is 0.166. The number of nitrogens with zero attached hydrogens (tertiary/aromatic N) is 3. The van der Waals surface area contributed by atoms with Crippen LogP contribution in [-0.2, 0) is 13.0 Å². The fourth-order valence-electron chi connectivity index (χ4n) is 1.93. The van der Waals surface area contributed by atoms with Crippen molar-refractivity contribution in [2.24, 2.45) is 0 Å². The summed E-state index contributed by atoms with van der Waals surface area (Å²) in [6.07, 6.45) is 6.21. The van der Waals surface area contributed by atoms with Crippen LogP contribution in [0.3, 0.4) is 0 Å². The number of halogens is 1. The summed E-state index contributed by atoms with van der Waals surface area (Å²) in [5, 5.41) is 14.6. The van der Waals surface area contributed by atoms with Crippen LogP contribution >= 0.6 is 15.9 Å². The van der Waals surface area contributed by atoms with Crippen LogP contribution in [0.2, 0.25) is 0 Å². The van der Waals surface area contributed by atoms with E-state index in [1.807, 2.05) is 16.8 Å². The number of aliphatic hydroxyl groups excluding tert-OH is 1. The number of aromatic nitrogens is 3. The summed E-state index contributed by atoms with van der Waals surface area (Å²) >= 11 is 3.45. The molecule has 0 aliphatic carbocycles. The minimum Gasteiger partial charge on any atom is -0.386 e. The third-order valence-corrected chi connectivity index (χ3v) is 3.37. The van der Waals surface area contributed by atoms with Gasteiger partial charge in [0.2, 0.25) is 0 Å². The number of rotatable bonds is 5. The maximum atomic E-state index is 10.3. The first-order valence-electron chi connectivity index (χ1n) is 6.00. The van der Waals surface area contributed by atoms with Crippen molar-refractivity contribution in [3.63, 3.8) is 0 Å². The summed E-state index contributed by atoms with van der Waals surface area (Å²) in [5.41, 5.74) is 1.90. The van der Waals surface area contributed by atoms with Gasteiger partial charge in [0.15, 0.2) is 0 Å². The molecule has 1 atom stereocenters. The number of hydrogen-bond donors (Lipinski definition) is 1. The van der Waals surface area contributed by atoms with Gasteiger partial charge in [0.25, 0.3) is 0 Å². The van der Waals surface area contributed by atoms with E-state index < -0.39 is 6.10 Å². The lowest BCUT2D eigenvalue weighted by atomic mass is 10.1. The molecule has 0 saturated carbocycles. The average Bonchev–Trinajstić information content (AvgIpc) is 2.72. The third-order valence-electron chi connectivity index (χ3n) is 2.76. The first-order valence-corrected chi connectivity index (χ1v) is 6.79. The summed E-state index contributed by atoms with van der Waals surface area (Å²) < 4.78 is 2.72. The van der Waals surface area contributed by atoms with Crippen LogP contribution in [0.4, 0.5) is 0 Å². The zero-order chi connectivity index (χ0) is 13.0. The Balaban J connectivity index is 2.18.